The second kappa shape index (κ2) is 11.3. The number of sulfonamides is 1. The molecule has 0 radical (unpaired) electrons. The molecule has 0 unspecified atom stereocenters. The molecule has 2 saturated heterocycles. The standard InChI is InChI=1S/C28H35ClFN3O5S/c1-20-19-31(16-17-34)14-15-32(20)27(35)38-28(12-13-28)26-7-3-6-25(21-4-2-5-23(30)18-21)33(26)39(36,37)24-10-8-22(29)9-11-24/h2,4-5,8-11,18,20,25-26,34H,3,6-7,12-17,19H2,1H3/t20-,25-,26+/m0/s1. The number of piperidine rings is 1. The number of aliphatic hydroxyl groups is 1. The molecule has 39 heavy (non-hydrogen) atoms. The topological polar surface area (TPSA) is 90.4 Å². The molecule has 3 fully saturated rings. The molecule has 2 aromatic carbocycles. The number of carbonyl (C=O) groups excluding carboxylic acids is 1. The number of aliphatic hydroxyl groups excluding tert-OH is 1. The Labute approximate surface area is 234 Å². The van der Waals surface area contributed by atoms with Crippen molar-refractivity contribution in [3.63, 3.8) is 0 Å². The van der Waals surface area contributed by atoms with Crippen LogP contribution in [0.3, 0.4) is 0 Å². The molecule has 8 nitrogen and oxygen atoms in total. The maximum Gasteiger partial charge on any atom is 0.410 e. The summed E-state index contributed by atoms with van der Waals surface area (Å²) in [5.74, 6) is -0.430. The van der Waals surface area contributed by atoms with E-state index < -0.39 is 39.6 Å². The fraction of sp³-hybridized carbons (Fsp3) is 0.536. The van der Waals surface area contributed by atoms with Crippen LogP contribution >= 0.6 is 11.6 Å². The predicted octanol–water partition coefficient (Wildman–Crippen LogP) is 4.43. The van der Waals surface area contributed by atoms with Crippen LogP contribution < -0.4 is 0 Å². The number of rotatable bonds is 7. The van der Waals surface area contributed by atoms with E-state index in [0.29, 0.717) is 68.9 Å². The number of halogens is 2. The molecular weight excluding hydrogens is 545 g/mol. The second-order valence-electron chi connectivity index (χ2n) is 10.8. The first-order valence-electron chi connectivity index (χ1n) is 13.5. The van der Waals surface area contributed by atoms with Crippen molar-refractivity contribution in [3.8, 4) is 0 Å². The van der Waals surface area contributed by atoms with E-state index >= 15 is 0 Å². The van der Waals surface area contributed by atoms with Crippen LogP contribution in [0.1, 0.15) is 50.6 Å². The van der Waals surface area contributed by atoms with E-state index in [0.717, 1.165) is 0 Å². The Morgan fingerprint density at radius 2 is 1.90 bits per heavy atom. The lowest BCUT2D eigenvalue weighted by molar-refractivity contribution is -0.0225. The molecular formula is C28H35ClFN3O5S. The molecule has 212 valence electrons. The Hall–Kier alpha value is -2.24. The van der Waals surface area contributed by atoms with Crippen molar-refractivity contribution in [2.75, 3.05) is 32.8 Å². The fourth-order valence-corrected chi connectivity index (χ4v) is 8.11. The second-order valence-corrected chi connectivity index (χ2v) is 13.1. The highest BCUT2D eigenvalue weighted by Gasteiger charge is 2.60. The zero-order valence-corrected chi connectivity index (χ0v) is 23.6. The van der Waals surface area contributed by atoms with Gasteiger partial charge < -0.3 is 14.7 Å². The highest BCUT2D eigenvalue weighted by Crippen LogP contribution is 2.52. The third-order valence-electron chi connectivity index (χ3n) is 8.19. The van der Waals surface area contributed by atoms with Crippen LogP contribution in [-0.2, 0) is 14.8 Å². The zero-order valence-electron chi connectivity index (χ0n) is 22.0. The van der Waals surface area contributed by atoms with E-state index in [1.54, 1.807) is 17.0 Å². The van der Waals surface area contributed by atoms with Crippen molar-refractivity contribution in [2.24, 2.45) is 0 Å². The first-order chi connectivity index (χ1) is 18.6. The van der Waals surface area contributed by atoms with Gasteiger partial charge in [0.05, 0.1) is 23.6 Å². The molecule has 2 aromatic rings. The van der Waals surface area contributed by atoms with E-state index in [4.69, 9.17) is 16.3 Å². The molecule has 2 heterocycles. The van der Waals surface area contributed by atoms with Crippen LogP contribution in [0.25, 0.3) is 0 Å². The molecule has 1 amide bonds. The van der Waals surface area contributed by atoms with Crippen LogP contribution in [0, 0.1) is 5.82 Å². The lowest BCUT2D eigenvalue weighted by Gasteiger charge is -2.45. The van der Waals surface area contributed by atoms with Gasteiger partial charge >= 0.3 is 6.09 Å². The van der Waals surface area contributed by atoms with Gasteiger partial charge in [-0.05, 0) is 81.0 Å². The number of amides is 1. The zero-order chi connectivity index (χ0) is 27.8. The predicted molar refractivity (Wildman–Crippen MR) is 145 cm³/mol. The number of hydrogen-bond donors (Lipinski definition) is 1. The van der Waals surface area contributed by atoms with E-state index in [9.17, 15) is 22.7 Å². The molecule has 1 N–H and O–H groups in total. The molecule has 0 bridgehead atoms. The number of nitrogens with zero attached hydrogens (tertiary/aromatic N) is 3. The number of ether oxygens (including phenoxy) is 1. The normalized spacial score (nSPS) is 25.8. The van der Waals surface area contributed by atoms with Crippen molar-refractivity contribution in [2.45, 2.75) is 67.6 Å². The minimum Gasteiger partial charge on any atom is -0.441 e. The SMILES string of the molecule is C[C@H]1CN(CCO)CCN1C(=O)OC1([C@H]2CCC[C@@H](c3cccc(F)c3)N2S(=O)(=O)c2ccc(Cl)cc2)CC1. The van der Waals surface area contributed by atoms with Gasteiger partial charge in [-0.1, -0.05) is 23.7 Å². The molecule has 11 heteroatoms. The average molecular weight is 580 g/mol. The van der Waals surface area contributed by atoms with E-state index in [-0.39, 0.29) is 17.5 Å². The summed E-state index contributed by atoms with van der Waals surface area (Å²) in [7, 11) is -4.05. The number of benzene rings is 2. The van der Waals surface area contributed by atoms with Crippen molar-refractivity contribution >= 4 is 27.7 Å². The molecule has 5 rings (SSSR count). The van der Waals surface area contributed by atoms with Crippen molar-refractivity contribution in [1.82, 2.24) is 14.1 Å². The molecule has 1 saturated carbocycles. The lowest BCUT2D eigenvalue weighted by Crippen LogP contribution is -2.57. The van der Waals surface area contributed by atoms with E-state index in [2.05, 4.69) is 4.90 Å². The fourth-order valence-electron chi connectivity index (χ4n) is 6.07. The first-order valence-corrected chi connectivity index (χ1v) is 15.3. The average Bonchev–Trinajstić information content (AvgIpc) is 3.69. The van der Waals surface area contributed by atoms with Crippen LogP contribution in [0.15, 0.2) is 53.4 Å². The van der Waals surface area contributed by atoms with Crippen LogP contribution in [-0.4, -0.2) is 84.2 Å². The molecule has 2 aliphatic heterocycles. The van der Waals surface area contributed by atoms with Gasteiger partial charge in [0.2, 0.25) is 10.0 Å². The van der Waals surface area contributed by atoms with Crippen molar-refractivity contribution in [1.29, 1.82) is 0 Å². The smallest absolute Gasteiger partial charge is 0.410 e. The molecule has 3 aliphatic rings. The molecule has 1 aliphatic carbocycles. The van der Waals surface area contributed by atoms with E-state index in [1.807, 2.05) is 6.92 Å². The summed E-state index contributed by atoms with van der Waals surface area (Å²) in [5, 5.41) is 9.69. The van der Waals surface area contributed by atoms with Gasteiger partial charge in [-0.25, -0.2) is 17.6 Å². The Morgan fingerprint density at radius 3 is 2.54 bits per heavy atom. The summed E-state index contributed by atoms with van der Waals surface area (Å²) in [5.41, 5.74) is -0.363. The summed E-state index contributed by atoms with van der Waals surface area (Å²) < 4.78 is 50.3. The molecule has 0 aromatic heterocycles. The third kappa shape index (κ3) is 5.81. The number of piperazine rings is 1. The highest BCUT2D eigenvalue weighted by atomic mass is 35.5. The van der Waals surface area contributed by atoms with Gasteiger partial charge in [0.25, 0.3) is 0 Å². The number of β-amino-alcohol motifs (C(OH)–C–C–N with tert-alkyl or cyclic N) is 1. The summed E-state index contributed by atoms with van der Waals surface area (Å²) in [6, 6.07) is 10.8. The summed E-state index contributed by atoms with van der Waals surface area (Å²) >= 11 is 6.04. The third-order valence-corrected chi connectivity index (χ3v) is 10.4. The van der Waals surface area contributed by atoms with Gasteiger partial charge in [-0.3, -0.25) is 4.90 Å². The Balaban J connectivity index is 1.46. The van der Waals surface area contributed by atoms with Gasteiger partial charge in [-0.15, -0.1) is 0 Å². The number of hydrogen-bond acceptors (Lipinski definition) is 6. The maximum atomic E-state index is 14.3. The summed E-state index contributed by atoms with van der Waals surface area (Å²) in [4.78, 5) is 17.3. The highest BCUT2D eigenvalue weighted by molar-refractivity contribution is 7.89. The molecule has 3 atom stereocenters. The van der Waals surface area contributed by atoms with Gasteiger partial charge in [-0.2, -0.15) is 4.31 Å². The minimum atomic E-state index is -4.05. The Kier molecular flexibility index (Phi) is 8.22. The van der Waals surface area contributed by atoms with Crippen LogP contribution in [0.4, 0.5) is 9.18 Å². The Morgan fingerprint density at radius 1 is 1.15 bits per heavy atom. The van der Waals surface area contributed by atoms with Crippen molar-refractivity contribution in [3.05, 3.63) is 64.9 Å². The minimum absolute atomic E-state index is 0.0619. The lowest BCUT2D eigenvalue weighted by atomic mass is 9.90. The first kappa shape index (κ1) is 28.3. The summed E-state index contributed by atoms with van der Waals surface area (Å²) in [6.45, 7) is 4.30. The van der Waals surface area contributed by atoms with Crippen molar-refractivity contribution < 1.29 is 27.4 Å². The Bertz CT molecular complexity index is 1290. The van der Waals surface area contributed by atoms with Gasteiger partial charge in [0, 0.05) is 37.2 Å². The largest absolute Gasteiger partial charge is 0.441 e. The maximum absolute atomic E-state index is 14.3. The van der Waals surface area contributed by atoms with E-state index in [1.165, 1.54) is 40.7 Å². The number of carbonyl (C=O) groups is 1. The quantitative estimate of drug-likeness (QED) is 0.522. The van der Waals surface area contributed by atoms with Crippen LogP contribution in [0.5, 0.6) is 0 Å². The summed E-state index contributed by atoms with van der Waals surface area (Å²) in [6.07, 6.45) is 2.45. The molecule has 0 spiro atoms. The van der Waals surface area contributed by atoms with Gasteiger partial charge in [0.15, 0.2) is 0 Å². The monoisotopic (exact) mass is 579 g/mol. The van der Waals surface area contributed by atoms with Gasteiger partial charge in [0.1, 0.15) is 11.4 Å². The van der Waals surface area contributed by atoms with Crippen LogP contribution in [0.2, 0.25) is 5.02 Å².